The fourth-order valence-corrected chi connectivity index (χ4v) is 3.29. The van der Waals surface area contributed by atoms with E-state index in [-0.39, 0.29) is 0 Å². The third-order valence-electron chi connectivity index (χ3n) is 5.02. The van der Waals surface area contributed by atoms with Crippen molar-refractivity contribution in [3.63, 3.8) is 0 Å². The maximum atomic E-state index is 9.49. The highest BCUT2D eigenvalue weighted by atomic mass is 15.3. The van der Waals surface area contributed by atoms with Crippen LogP contribution in [0, 0.1) is 25.2 Å². The lowest BCUT2D eigenvalue weighted by molar-refractivity contribution is 0.479. The summed E-state index contributed by atoms with van der Waals surface area (Å²) in [4.78, 5) is 4.56. The van der Waals surface area contributed by atoms with Gasteiger partial charge in [0, 0.05) is 31.9 Å². The number of aromatic nitrogens is 2. The summed E-state index contributed by atoms with van der Waals surface area (Å²) in [7, 11) is 2.16. The molecule has 0 saturated carbocycles. The molecule has 0 spiro atoms. The van der Waals surface area contributed by atoms with E-state index in [4.69, 9.17) is 0 Å². The van der Waals surface area contributed by atoms with Gasteiger partial charge in [-0.15, -0.1) is 5.10 Å². The van der Waals surface area contributed by atoms with Gasteiger partial charge in [-0.05, 0) is 44.4 Å². The minimum Gasteiger partial charge on any atom is -0.371 e. The molecule has 1 fully saturated rings. The van der Waals surface area contributed by atoms with Gasteiger partial charge in [-0.1, -0.05) is 18.2 Å². The van der Waals surface area contributed by atoms with Crippen molar-refractivity contribution in [2.24, 2.45) is 0 Å². The summed E-state index contributed by atoms with van der Waals surface area (Å²) in [6, 6.07) is 13.3. The Morgan fingerprint density at radius 1 is 1.12 bits per heavy atom. The van der Waals surface area contributed by atoms with Crippen LogP contribution in [0.1, 0.15) is 29.7 Å². The Labute approximate surface area is 143 Å². The minimum atomic E-state index is 0.508. The average Bonchev–Trinajstić information content (AvgIpc) is 2.64. The van der Waals surface area contributed by atoms with E-state index in [9.17, 15) is 5.26 Å². The molecule has 2 heterocycles. The number of para-hydroxylation sites is 1. The molecule has 1 aliphatic heterocycles. The smallest absolute Gasteiger partial charge is 0.169 e. The number of aryl methyl sites for hydroxylation is 1. The van der Waals surface area contributed by atoms with Crippen LogP contribution in [0.15, 0.2) is 30.3 Å². The van der Waals surface area contributed by atoms with Crippen LogP contribution in [0.2, 0.25) is 0 Å². The van der Waals surface area contributed by atoms with Crippen LogP contribution in [0.25, 0.3) is 0 Å². The number of piperidine rings is 1. The van der Waals surface area contributed by atoms with Crippen LogP contribution >= 0.6 is 0 Å². The monoisotopic (exact) mass is 321 g/mol. The van der Waals surface area contributed by atoms with Gasteiger partial charge in [0.1, 0.15) is 11.6 Å². The zero-order valence-corrected chi connectivity index (χ0v) is 14.5. The van der Waals surface area contributed by atoms with Gasteiger partial charge in [-0.3, -0.25) is 0 Å². The number of nitrogens with zero attached hydrogens (tertiary/aromatic N) is 5. The first-order valence-electron chi connectivity index (χ1n) is 8.38. The molecule has 124 valence electrons. The van der Waals surface area contributed by atoms with Crippen molar-refractivity contribution in [2.75, 3.05) is 29.9 Å². The maximum Gasteiger partial charge on any atom is 0.169 e. The Hall–Kier alpha value is -2.61. The Morgan fingerprint density at radius 2 is 1.79 bits per heavy atom. The molecule has 5 heteroatoms. The van der Waals surface area contributed by atoms with Crippen LogP contribution < -0.4 is 9.80 Å². The predicted molar refractivity (Wildman–Crippen MR) is 96.3 cm³/mol. The van der Waals surface area contributed by atoms with E-state index < -0.39 is 0 Å². The first-order valence-corrected chi connectivity index (χ1v) is 8.38. The van der Waals surface area contributed by atoms with E-state index in [1.165, 1.54) is 5.69 Å². The lowest BCUT2D eigenvalue weighted by Gasteiger charge is -2.38. The van der Waals surface area contributed by atoms with E-state index in [1.807, 2.05) is 19.9 Å². The molecule has 3 rings (SSSR count). The predicted octanol–water partition coefficient (Wildman–Crippen LogP) is 3.07. The third-order valence-corrected chi connectivity index (χ3v) is 5.02. The fourth-order valence-electron chi connectivity index (χ4n) is 3.29. The summed E-state index contributed by atoms with van der Waals surface area (Å²) >= 11 is 0. The highest BCUT2D eigenvalue weighted by molar-refractivity contribution is 5.58. The zero-order valence-electron chi connectivity index (χ0n) is 14.5. The molecule has 1 saturated heterocycles. The van der Waals surface area contributed by atoms with Gasteiger partial charge in [0.15, 0.2) is 5.82 Å². The van der Waals surface area contributed by atoms with E-state index in [0.717, 1.165) is 43.0 Å². The fraction of sp³-hybridized carbons (Fsp3) is 0.421. The van der Waals surface area contributed by atoms with Crippen molar-refractivity contribution in [3.05, 3.63) is 47.2 Å². The molecule has 1 aromatic carbocycles. The van der Waals surface area contributed by atoms with Crippen molar-refractivity contribution in [2.45, 2.75) is 32.7 Å². The summed E-state index contributed by atoms with van der Waals surface area (Å²) < 4.78 is 0. The van der Waals surface area contributed by atoms with Crippen LogP contribution in [0.5, 0.6) is 0 Å². The number of hydrogen-bond acceptors (Lipinski definition) is 5. The second-order valence-electron chi connectivity index (χ2n) is 6.39. The van der Waals surface area contributed by atoms with Crippen molar-refractivity contribution < 1.29 is 0 Å². The molecule has 0 atom stereocenters. The van der Waals surface area contributed by atoms with Gasteiger partial charge in [0.05, 0.1) is 5.69 Å². The maximum absolute atomic E-state index is 9.49. The van der Waals surface area contributed by atoms with Gasteiger partial charge < -0.3 is 9.80 Å². The molecule has 0 N–H and O–H groups in total. The normalized spacial score (nSPS) is 15.2. The van der Waals surface area contributed by atoms with Gasteiger partial charge in [-0.2, -0.15) is 10.4 Å². The van der Waals surface area contributed by atoms with Crippen molar-refractivity contribution in [3.8, 4) is 6.07 Å². The standard InChI is InChI=1S/C19H23N5/c1-14-15(2)21-22-19(18(14)13-20)24-11-9-17(10-12-24)23(3)16-7-5-4-6-8-16/h4-8,17H,9-12H2,1-3H3. The van der Waals surface area contributed by atoms with Crippen LogP contribution in [0.4, 0.5) is 11.5 Å². The molecule has 2 aromatic rings. The van der Waals surface area contributed by atoms with Crippen molar-refractivity contribution >= 4 is 11.5 Å². The zero-order chi connectivity index (χ0) is 17.1. The summed E-state index contributed by atoms with van der Waals surface area (Å²) in [6.45, 7) is 5.64. The molecule has 1 aromatic heterocycles. The van der Waals surface area contributed by atoms with Gasteiger partial charge in [0.2, 0.25) is 0 Å². The van der Waals surface area contributed by atoms with E-state index in [2.05, 4.69) is 57.4 Å². The Morgan fingerprint density at radius 3 is 2.42 bits per heavy atom. The summed E-state index contributed by atoms with van der Waals surface area (Å²) in [5, 5.41) is 18.0. The van der Waals surface area contributed by atoms with Gasteiger partial charge in [-0.25, -0.2) is 0 Å². The molecule has 0 bridgehead atoms. The first kappa shape index (κ1) is 16.3. The largest absolute Gasteiger partial charge is 0.371 e. The topological polar surface area (TPSA) is 56.1 Å². The molecule has 0 radical (unpaired) electrons. The third kappa shape index (κ3) is 3.05. The van der Waals surface area contributed by atoms with Crippen LogP contribution in [-0.4, -0.2) is 36.4 Å². The summed E-state index contributed by atoms with van der Waals surface area (Å²) in [6.07, 6.45) is 2.09. The van der Waals surface area contributed by atoms with E-state index in [0.29, 0.717) is 11.6 Å². The molecular weight excluding hydrogens is 298 g/mol. The quantitative estimate of drug-likeness (QED) is 0.869. The second-order valence-corrected chi connectivity index (χ2v) is 6.39. The van der Waals surface area contributed by atoms with Crippen LogP contribution in [0.3, 0.4) is 0 Å². The van der Waals surface area contributed by atoms with Crippen molar-refractivity contribution in [1.29, 1.82) is 5.26 Å². The number of hydrogen-bond donors (Lipinski definition) is 0. The highest BCUT2D eigenvalue weighted by Crippen LogP contribution is 2.27. The molecule has 0 unspecified atom stereocenters. The molecule has 1 aliphatic rings. The average molecular weight is 321 g/mol. The molecule has 5 nitrogen and oxygen atoms in total. The Balaban J connectivity index is 1.72. The summed E-state index contributed by atoms with van der Waals surface area (Å²) in [5.74, 6) is 0.737. The Bertz CT molecular complexity index is 742. The lowest BCUT2D eigenvalue weighted by atomic mass is 10.0. The van der Waals surface area contributed by atoms with Crippen molar-refractivity contribution in [1.82, 2.24) is 10.2 Å². The SMILES string of the molecule is Cc1nnc(N2CCC(N(C)c3ccccc3)CC2)c(C#N)c1C. The number of nitriles is 1. The number of benzene rings is 1. The van der Waals surface area contributed by atoms with Crippen LogP contribution in [-0.2, 0) is 0 Å². The molecule has 24 heavy (non-hydrogen) atoms. The minimum absolute atomic E-state index is 0.508. The second kappa shape index (κ2) is 6.88. The molecular formula is C19H23N5. The first-order chi connectivity index (χ1) is 11.6. The van der Waals surface area contributed by atoms with E-state index >= 15 is 0 Å². The Kier molecular flexibility index (Phi) is 4.66. The summed E-state index contributed by atoms with van der Waals surface area (Å²) in [5.41, 5.74) is 3.68. The number of rotatable bonds is 3. The number of anilines is 2. The highest BCUT2D eigenvalue weighted by Gasteiger charge is 2.26. The molecule has 0 aliphatic carbocycles. The van der Waals surface area contributed by atoms with Gasteiger partial charge in [0.25, 0.3) is 0 Å². The van der Waals surface area contributed by atoms with Gasteiger partial charge >= 0.3 is 0 Å². The molecule has 0 amide bonds. The lowest BCUT2D eigenvalue weighted by Crippen LogP contribution is -2.44. The van der Waals surface area contributed by atoms with E-state index in [1.54, 1.807) is 0 Å².